The summed E-state index contributed by atoms with van der Waals surface area (Å²) in [5.41, 5.74) is 0.787. The topological polar surface area (TPSA) is 52.2 Å². The van der Waals surface area contributed by atoms with Crippen molar-refractivity contribution < 1.29 is 9.90 Å². The van der Waals surface area contributed by atoms with Crippen LogP contribution in [-0.4, -0.2) is 6.09 Å². The highest BCUT2D eigenvalue weighted by Gasteiger charge is 2.01. The molecule has 0 saturated carbocycles. The molecule has 0 radical (unpaired) electrons. The second-order valence-corrected chi connectivity index (χ2v) is 2.03. The highest BCUT2D eigenvalue weighted by molar-refractivity contribution is 5.64. The van der Waals surface area contributed by atoms with Crippen LogP contribution < -0.4 is 10.4 Å². The zero-order valence-corrected chi connectivity index (χ0v) is 5.02. The summed E-state index contributed by atoms with van der Waals surface area (Å²) in [6.07, 6.45) is 3.55. The van der Waals surface area contributed by atoms with Gasteiger partial charge in [0.2, 0.25) is 0 Å². The Kier molecular flexibility index (Phi) is 1.72. The summed E-state index contributed by atoms with van der Waals surface area (Å²) in [7, 11) is 0. The summed E-state index contributed by atoms with van der Waals surface area (Å²) >= 11 is 0. The van der Waals surface area contributed by atoms with Crippen molar-refractivity contribution in [1.29, 1.82) is 0 Å². The zero-order valence-electron chi connectivity index (χ0n) is 5.02. The molecule has 0 spiro atoms. The van der Waals surface area contributed by atoms with Gasteiger partial charge in [0.15, 0.2) is 0 Å². The minimum atomic E-state index is -1.21. The van der Waals surface area contributed by atoms with Gasteiger partial charge in [0.1, 0.15) is 6.09 Å². The number of nitrogens with one attached hydrogen (secondary N) is 1. The second-order valence-electron chi connectivity index (χ2n) is 2.03. The average molecular weight is 126 g/mol. The van der Waals surface area contributed by atoms with Crippen molar-refractivity contribution in [2.45, 2.75) is 19.3 Å². The van der Waals surface area contributed by atoms with E-state index in [9.17, 15) is 9.90 Å². The van der Waals surface area contributed by atoms with E-state index in [0.717, 1.165) is 25.0 Å². The summed E-state index contributed by atoms with van der Waals surface area (Å²) in [4.78, 5) is 9.89. The number of allylic oxidation sites excluding steroid dienone is 2. The number of hydrogen-bond donors (Lipinski definition) is 1. The average Bonchev–Trinajstić information content (AvgIpc) is 2.15. The van der Waals surface area contributed by atoms with E-state index in [2.05, 4.69) is 5.32 Å². The predicted octanol–water partition coefficient (Wildman–Crippen LogP) is -0.0129. The van der Waals surface area contributed by atoms with E-state index in [1.54, 1.807) is 0 Å². The number of amides is 1. The Hall–Kier alpha value is -0.990. The number of rotatable bonds is 1. The highest BCUT2D eigenvalue weighted by atomic mass is 16.4. The molecule has 9 heavy (non-hydrogen) atoms. The standard InChI is InChI=1S/C6H9NO2/c8-6(9)7-5-3-1-2-4-5/h3,7H,1-2,4H2,(H,8,9)/p-1. The fourth-order valence-corrected chi connectivity index (χ4v) is 0.915. The molecule has 1 aliphatic carbocycles. The first kappa shape index (κ1) is 6.13. The Morgan fingerprint density at radius 2 is 2.56 bits per heavy atom. The maximum atomic E-state index is 9.89. The number of hydrogen-bond acceptors (Lipinski definition) is 2. The van der Waals surface area contributed by atoms with Crippen LogP contribution in [0.3, 0.4) is 0 Å². The molecule has 0 aromatic rings. The summed E-state index contributed by atoms with van der Waals surface area (Å²) in [5, 5.41) is 12.1. The molecule has 1 rings (SSSR count). The molecule has 0 heterocycles. The van der Waals surface area contributed by atoms with E-state index in [-0.39, 0.29) is 0 Å². The molecule has 0 unspecified atom stereocenters. The zero-order chi connectivity index (χ0) is 6.69. The van der Waals surface area contributed by atoms with Crippen molar-refractivity contribution in [2.24, 2.45) is 0 Å². The lowest BCUT2D eigenvalue weighted by molar-refractivity contribution is -0.249. The minimum absolute atomic E-state index is 0.787. The molecule has 0 atom stereocenters. The molecule has 3 heteroatoms. The van der Waals surface area contributed by atoms with Crippen molar-refractivity contribution in [3.63, 3.8) is 0 Å². The molecule has 0 fully saturated rings. The molecule has 1 aliphatic rings. The molecule has 50 valence electrons. The Morgan fingerprint density at radius 3 is 3.00 bits per heavy atom. The van der Waals surface area contributed by atoms with Crippen LogP contribution in [0.1, 0.15) is 19.3 Å². The lowest BCUT2D eigenvalue weighted by Crippen LogP contribution is -2.35. The van der Waals surface area contributed by atoms with E-state index in [4.69, 9.17) is 0 Å². The van der Waals surface area contributed by atoms with Gasteiger partial charge in [-0.15, -0.1) is 0 Å². The molecule has 0 bridgehead atoms. The third-order valence-corrected chi connectivity index (χ3v) is 1.30. The lowest BCUT2D eigenvalue weighted by atomic mass is 10.3. The SMILES string of the molecule is O=C([O-])NC1=CCCC1. The number of carbonyl (C=O) groups excluding carboxylic acids is 1. The fraction of sp³-hybridized carbons (Fsp3) is 0.500. The van der Waals surface area contributed by atoms with Crippen LogP contribution in [0, 0.1) is 0 Å². The van der Waals surface area contributed by atoms with Gasteiger partial charge in [-0.3, -0.25) is 0 Å². The Labute approximate surface area is 53.4 Å². The van der Waals surface area contributed by atoms with E-state index >= 15 is 0 Å². The minimum Gasteiger partial charge on any atom is -0.530 e. The molecular weight excluding hydrogens is 118 g/mol. The van der Waals surface area contributed by atoms with Crippen LogP contribution in [0.25, 0.3) is 0 Å². The maximum absolute atomic E-state index is 9.89. The first-order chi connectivity index (χ1) is 4.29. The van der Waals surface area contributed by atoms with Crippen LogP contribution in [0.4, 0.5) is 4.79 Å². The van der Waals surface area contributed by atoms with E-state index < -0.39 is 6.09 Å². The Balaban J connectivity index is 2.35. The van der Waals surface area contributed by atoms with Crippen LogP contribution >= 0.6 is 0 Å². The van der Waals surface area contributed by atoms with Crippen LogP contribution in [-0.2, 0) is 0 Å². The summed E-state index contributed by atoms with van der Waals surface area (Å²) in [6.45, 7) is 0. The van der Waals surface area contributed by atoms with Gasteiger partial charge in [0.05, 0.1) is 0 Å². The van der Waals surface area contributed by atoms with Crippen molar-refractivity contribution in [2.75, 3.05) is 0 Å². The van der Waals surface area contributed by atoms with Crippen molar-refractivity contribution in [3.8, 4) is 0 Å². The van der Waals surface area contributed by atoms with Gasteiger partial charge < -0.3 is 15.2 Å². The van der Waals surface area contributed by atoms with Gasteiger partial charge in [-0.25, -0.2) is 0 Å². The van der Waals surface area contributed by atoms with Gasteiger partial charge in [-0.05, 0) is 19.3 Å². The van der Waals surface area contributed by atoms with Crippen LogP contribution in [0.15, 0.2) is 11.8 Å². The van der Waals surface area contributed by atoms with E-state index in [1.807, 2.05) is 6.08 Å². The number of carbonyl (C=O) groups is 1. The van der Waals surface area contributed by atoms with Crippen LogP contribution in [0.5, 0.6) is 0 Å². The molecule has 0 aromatic heterocycles. The fourth-order valence-electron chi connectivity index (χ4n) is 0.915. The Morgan fingerprint density at radius 1 is 1.78 bits per heavy atom. The third-order valence-electron chi connectivity index (χ3n) is 1.30. The molecule has 0 saturated heterocycles. The molecule has 0 aliphatic heterocycles. The highest BCUT2D eigenvalue weighted by Crippen LogP contribution is 2.13. The molecule has 1 amide bonds. The van der Waals surface area contributed by atoms with E-state index in [0.29, 0.717) is 0 Å². The third kappa shape index (κ3) is 1.76. The largest absolute Gasteiger partial charge is 0.530 e. The summed E-state index contributed by atoms with van der Waals surface area (Å²) < 4.78 is 0. The van der Waals surface area contributed by atoms with Gasteiger partial charge in [-0.2, -0.15) is 0 Å². The smallest absolute Gasteiger partial charge is 0.138 e. The second kappa shape index (κ2) is 2.53. The van der Waals surface area contributed by atoms with Gasteiger partial charge in [-0.1, -0.05) is 6.08 Å². The monoisotopic (exact) mass is 126 g/mol. The first-order valence-electron chi connectivity index (χ1n) is 2.96. The Bertz CT molecular complexity index is 151. The summed E-state index contributed by atoms with van der Waals surface area (Å²) in [6, 6.07) is 0. The van der Waals surface area contributed by atoms with Gasteiger partial charge >= 0.3 is 0 Å². The normalized spacial score (nSPS) is 17.1. The van der Waals surface area contributed by atoms with E-state index in [1.165, 1.54) is 0 Å². The lowest BCUT2D eigenvalue weighted by Gasteiger charge is -2.05. The number of carboxylic acid groups (broad SMARTS) is 1. The van der Waals surface area contributed by atoms with Gasteiger partial charge in [0, 0.05) is 5.70 Å². The quantitative estimate of drug-likeness (QED) is 0.537. The van der Waals surface area contributed by atoms with Crippen molar-refractivity contribution in [3.05, 3.63) is 11.8 Å². The predicted molar refractivity (Wildman–Crippen MR) is 30.5 cm³/mol. The maximum Gasteiger partial charge on any atom is 0.138 e. The molecule has 0 aromatic carbocycles. The van der Waals surface area contributed by atoms with Gasteiger partial charge in [0.25, 0.3) is 0 Å². The molecule has 3 nitrogen and oxygen atoms in total. The molecular formula is C6H8NO2-. The van der Waals surface area contributed by atoms with Crippen molar-refractivity contribution in [1.82, 2.24) is 5.32 Å². The summed E-state index contributed by atoms with van der Waals surface area (Å²) in [5.74, 6) is 0. The van der Waals surface area contributed by atoms with Crippen molar-refractivity contribution >= 4 is 6.09 Å². The molecule has 1 N–H and O–H groups in total. The van der Waals surface area contributed by atoms with Crippen LogP contribution in [0.2, 0.25) is 0 Å². The first-order valence-corrected chi connectivity index (χ1v) is 2.96.